The molecule has 3 amide bonds. The third-order valence-corrected chi connectivity index (χ3v) is 4.44. The molecule has 1 heterocycles. The van der Waals surface area contributed by atoms with Gasteiger partial charge < -0.3 is 32.1 Å². The van der Waals surface area contributed by atoms with E-state index in [1.165, 1.54) is 13.8 Å². The summed E-state index contributed by atoms with van der Waals surface area (Å²) in [5, 5.41) is 19.6. The van der Waals surface area contributed by atoms with Gasteiger partial charge in [-0.1, -0.05) is 0 Å². The Bertz CT molecular complexity index is 536. The van der Waals surface area contributed by atoms with Gasteiger partial charge in [-0.05, 0) is 59.0 Å². The SMILES string of the molecule is C[C@H](NC(=O)[C@H](CCCCN)NC(=O)[C@H](C)NC(=O)[C@@H]1CCCN1)C(=O)O. The van der Waals surface area contributed by atoms with E-state index in [1.54, 1.807) is 0 Å². The molecule has 154 valence electrons. The fourth-order valence-corrected chi connectivity index (χ4v) is 2.72. The van der Waals surface area contributed by atoms with Crippen molar-refractivity contribution in [3.8, 4) is 0 Å². The van der Waals surface area contributed by atoms with E-state index in [0.717, 1.165) is 19.4 Å². The first-order valence-corrected chi connectivity index (χ1v) is 9.33. The van der Waals surface area contributed by atoms with E-state index in [1.807, 2.05) is 0 Å². The third-order valence-electron chi connectivity index (χ3n) is 4.44. The molecule has 1 rings (SSSR count). The first-order valence-electron chi connectivity index (χ1n) is 9.33. The lowest BCUT2D eigenvalue weighted by atomic mass is 10.1. The highest BCUT2D eigenvalue weighted by Crippen LogP contribution is 2.06. The van der Waals surface area contributed by atoms with Crippen LogP contribution in [0.15, 0.2) is 0 Å². The van der Waals surface area contributed by atoms with E-state index in [-0.39, 0.29) is 11.9 Å². The zero-order valence-corrected chi connectivity index (χ0v) is 15.9. The predicted octanol–water partition coefficient (Wildman–Crippen LogP) is -1.55. The van der Waals surface area contributed by atoms with Crippen LogP contribution in [0.5, 0.6) is 0 Å². The van der Waals surface area contributed by atoms with Gasteiger partial charge in [0, 0.05) is 0 Å². The largest absolute Gasteiger partial charge is 0.480 e. The molecule has 0 aliphatic carbocycles. The number of aliphatic carboxylic acids is 1. The molecule has 1 fully saturated rings. The molecule has 0 aromatic carbocycles. The molecule has 10 nitrogen and oxygen atoms in total. The number of carbonyl (C=O) groups excluding carboxylic acids is 3. The molecule has 0 saturated carbocycles. The van der Waals surface area contributed by atoms with Crippen LogP contribution in [0.4, 0.5) is 0 Å². The van der Waals surface area contributed by atoms with E-state index in [0.29, 0.717) is 25.8 Å². The molecule has 0 aromatic heterocycles. The number of rotatable bonds is 11. The summed E-state index contributed by atoms with van der Waals surface area (Å²) in [5.41, 5.74) is 5.46. The van der Waals surface area contributed by atoms with Crippen LogP contribution in [-0.4, -0.2) is 66.1 Å². The molecule has 27 heavy (non-hydrogen) atoms. The third kappa shape index (κ3) is 7.92. The number of carbonyl (C=O) groups is 4. The van der Waals surface area contributed by atoms with Crippen molar-refractivity contribution >= 4 is 23.7 Å². The Hall–Kier alpha value is -2.20. The van der Waals surface area contributed by atoms with E-state index >= 15 is 0 Å². The smallest absolute Gasteiger partial charge is 0.325 e. The summed E-state index contributed by atoms with van der Waals surface area (Å²) in [6.45, 7) is 4.10. The number of carboxylic acid groups (broad SMARTS) is 1. The van der Waals surface area contributed by atoms with Crippen LogP contribution in [0.3, 0.4) is 0 Å². The Labute approximate surface area is 159 Å². The van der Waals surface area contributed by atoms with Gasteiger partial charge in [-0.25, -0.2) is 0 Å². The number of nitrogens with one attached hydrogen (secondary N) is 4. The lowest BCUT2D eigenvalue weighted by Gasteiger charge is -2.23. The van der Waals surface area contributed by atoms with Gasteiger partial charge in [0.05, 0.1) is 6.04 Å². The Morgan fingerprint density at radius 2 is 1.78 bits per heavy atom. The topological polar surface area (TPSA) is 163 Å². The van der Waals surface area contributed by atoms with Crippen molar-refractivity contribution in [3.63, 3.8) is 0 Å². The molecule has 7 N–H and O–H groups in total. The van der Waals surface area contributed by atoms with Crippen molar-refractivity contribution in [2.24, 2.45) is 5.73 Å². The minimum atomic E-state index is -1.17. The molecule has 1 saturated heterocycles. The number of hydrogen-bond donors (Lipinski definition) is 6. The summed E-state index contributed by atoms with van der Waals surface area (Å²) in [6.07, 6.45) is 3.23. The lowest BCUT2D eigenvalue weighted by molar-refractivity contribution is -0.141. The molecule has 1 aliphatic heterocycles. The molecule has 4 atom stereocenters. The van der Waals surface area contributed by atoms with Crippen LogP contribution in [0.2, 0.25) is 0 Å². The Kier molecular flexibility index (Phi) is 9.73. The molecule has 10 heteroatoms. The molecular weight excluding hydrogens is 354 g/mol. The molecule has 0 bridgehead atoms. The van der Waals surface area contributed by atoms with Crippen LogP contribution in [0.25, 0.3) is 0 Å². The summed E-state index contributed by atoms with van der Waals surface area (Å²) >= 11 is 0. The normalized spacial score (nSPS) is 19.6. The van der Waals surface area contributed by atoms with Crippen molar-refractivity contribution < 1.29 is 24.3 Å². The minimum absolute atomic E-state index is 0.251. The van der Waals surface area contributed by atoms with Crippen molar-refractivity contribution in [2.45, 2.75) is 70.1 Å². The second-order valence-corrected chi connectivity index (χ2v) is 6.79. The monoisotopic (exact) mass is 385 g/mol. The molecule has 0 aromatic rings. The molecule has 0 unspecified atom stereocenters. The van der Waals surface area contributed by atoms with Crippen LogP contribution in [0, 0.1) is 0 Å². The van der Waals surface area contributed by atoms with Crippen molar-refractivity contribution in [1.29, 1.82) is 0 Å². The number of hydrogen-bond acceptors (Lipinski definition) is 6. The fourth-order valence-electron chi connectivity index (χ4n) is 2.72. The number of nitrogens with two attached hydrogens (primary N) is 1. The van der Waals surface area contributed by atoms with Crippen molar-refractivity contribution in [3.05, 3.63) is 0 Å². The highest BCUT2D eigenvalue weighted by molar-refractivity contribution is 5.93. The van der Waals surface area contributed by atoms with Gasteiger partial charge in [-0.2, -0.15) is 0 Å². The number of carboxylic acids is 1. The van der Waals surface area contributed by atoms with Gasteiger partial charge in [-0.3, -0.25) is 19.2 Å². The van der Waals surface area contributed by atoms with E-state index in [4.69, 9.17) is 10.8 Å². The summed E-state index contributed by atoms with van der Waals surface area (Å²) in [7, 11) is 0. The first kappa shape index (κ1) is 22.8. The maximum absolute atomic E-state index is 12.4. The Morgan fingerprint density at radius 3 is 2.33 bits per heavy atom. The van der Waals surface area contributed by atoms with E-state index < -0.39 is 35.9 Å². The molecular formula is C17H31N5O5. The highest BCUT2D eigenvalue weighted by Gasteiger charge is 2.28. The minimum Gasteiger partial charge on any atom is -0.480 e. The Balaban J connectivity index is 2.62. The Morgan fingerprint density at radius 1 is 1.07 bits per heavy atom. The average Bonchev–Trinajstić information content (AvgIpc) is 3.15. The maximum atomic E-state index is 12.4. The summed E-state index contributed by atoms with van der Waals surface area (Å²) in [6, 6.07) is -3.09. The molecule has 1 aliphatic rings. The molecule has 0 radical (unpaired) electrons. The second kappa shape index (κ2) is 11.5. The van der Waals surface area contributed by atoms with E-state index in [2.05, 4.69) is 21.3 Å². The predicted molar refractivity (Wildman–Crippen MR) is 98.7 cm³/mol. The van der Waals surface area contributed by atoms with Gasteiger partial charge in [0.25, 0.3) is 0 Å². The van der Waals surface area contributed by atoms with Crippen LogP contribution in [-0.2, 0) is 19.2 Å². The van der Waals surface area contributed by atoms with Gasteiger partial charge >= 0.3 is 5.97 Å². The fraction of sp³-hybridized carbons (Fsp3) is 0.765. The first-order chi connectivity index (χ1) is 12.8. The second-order valence-electron chi connectivity index (χ2n) is 6.79. The zero-order valence-electron chi connectivity index (χ0n) is 15.9. The molecule has 0 spiro atoms. The van der Waals surface area contributed by atoms with Gasteiger partial charge in [0.15, 0.2) is 0 Å². The van der Waals surface area contributed by atoms with Gasteiger partial charge in [0.2, 0.25) is 17.7 Å². The van der Waals surface area contributed by atoms with Gasteiger partial charge in [0.1, 0.15) is 18.1 Å². The number of unbranched alkanes of at least 4 members (excludes halogenated alkanes) is 1. The summed E-state index contributed by atoms with van der Waals surface area (Å²) in [5.74, 6) is -2.50. The number of amides is 3. The summed E-state index contributed by atoms with van der Waals surface area (Å²) < 4.78 is 0. The standard InChI is InChI=1S/C17H31N5O5/c1-10(20-15(24)12-7-5-9-19-12)14(23)22-13(6-3-4-8-18)16(25)21-11(2)17(26)27/h10-13,19H,3-9,18H2,1-2H3,(H,20,24)(H,21,25)(H,22,23)(H,26,27)/t10-,11-,12-,13-/m0/s1. The van der Waals surface area contributed by atoms with Gasteiger partial charge in [-0.15, -0.1) is 0 Å². The average molecular weight is 385 g/mol. The van der Waals surface area contributed by atoms with Crippen molar-refractivity contribution in [2.75, 3.05) is 13.1 Å². The lowest BCUT2D eigenvalue weighted by Crippen LogP contribution is -2.56. The van der Waals surface area contributed by atoms with E-state index in [9.17, 15) is 19.2 Å². The highest BCUT2D eigenvalue weighted by atomic mass is 16.4. The van der Waals surface area contributed by atoms with Crippen LogP contribution < -0.4 is 27.0 Å². The maximum Gasteiger partial charge on any atom is 0.325 e. The van der Waals surface area contributed by atoms with Crippen LogP contribution in [0.1, 0.15) is 46.0 Å². The van der Waals surface area contributed by atoms with Crippen molar-refractivity contribution in [1.82, 2.24) is 21.3 Å². The summed E-state index contributed by atoms with van der Waals surface area (Å²) in [4.78, 5) is 47.7. The zero-order chi connectivity index (χ0) is 20.4. The quantitative estimate of drug-likeness (QED) is 0.234. The van der Waals surface area contributed by atoms with Crippen LogP contribution >= 0.6 is 0 Å².